The third-order valence-electron chi connectivity index (χ3n) is 4.17. The second-order valence-corrected chi connectivity index (χ2v) is 9.52. The van der Waals surface area contributed by atoms with E-state index in [-0.39, 0.29) is 10.6 Å². The van der Waals surface area contributed by atoms with E-state index < -0.39 is 21.5 Å². The Balaban J connectivity index is 1.90. The normalized spacial score (nSPS) is 12.6. The van der Waals surface area contributed by atoms with Gasteiger partial charge >= 0.3 is 5.97 Å². The van der Waals surface area contributed by atoms with Crippen molar-refractivity contribution in [1.29, 1.82) is 0 Å². The molecule has 8 nitrogen and oxygen atoms in total. The van der Waals surface area contributed by atoms with Gasteiger partial charge in [-0.15, -0.1) is 0 Å². The summed E-state index contributed by atoms with van der Waals surface area (Å²) < 4.78 is 30.1. The standard InChI is InChI=1S/C17H19BrN4O4S/c1-17(2,7-10-8-19-13-6-11(18)4-5-12(10)13)21-27(25,26)14-9-20-22(3)15(14)16(23)24/h4-6,8-9,19,21H,7H2,1-3H3,(H,23,24). The molecule has 3 aromatic rings. The second-order valence-electron chi connectivity index (χ2n) is 6.96. The summed E-state index contributed by atoms with van der Waals surface area (Å²) in [7, 11) is -2.68. The van der Waals surface area contributed by atoms with Crippen molar-refractivity contribution < 1.29 is 18.3 Å². The Hall–Kier alpha value is -2.17. The van der Waals surface area contributed by atoms with Gasteiger partial charge < -0.3 is 10.1 Å². The fraction of sp³-hybridized carbons (Fsp3) is 0.294. The molecule has 0 saturated carbocycles. The zero-order valence-electron chi connectivity index (χ0n) is 14.9. The molecule has 0 aliphatic heterocycles. The minimum absolute atomic E-state index is 0.353. The number of nitrogens with zero attached hydrogens (tertiary/aromatic N) is 2. The SMILES string of the molecule is Cn1ncc(S(=O)(=O)NC(C)(C)Cc2c[nH]c3cc(Br)ccc23)c1C(=O)O. The number of aromatic nitrogens is 3. The number of carbonyl (C=O) groups is 1. The van der Waals surface area contributed by atoms with E-state index in [0.717, 1.165) is 31.8 Å². The van der Waals surface area contributed by atoms with Crippen molar-refractivity contribution in [2.45, 2.75) is 30.7 Å². The van der Waals surface area contributed by atoms with E-state index in [0.29, 0.717) is 6.42 Å². The number of carboxylic acids is 1. The highest BCUT2D eigenvalue weighted by molar-refractivity contribution is 9.10. The third-order valence-corrected chi connectivity index (χ3v) is 6.36. The number of benzene rings is 1. The summed E-state index contributed by atoms with van der Waals surface area (Å²) in [6.07, 6.45) is 3.31. The number of hydrogen-bond donors (Lipinski definition) is 3. The predicted molar refractivity (Wildman–Crippen MR) is 104 cm³/mol. The lowest BCUT2D eigenvalue weighted by Gasteiger charge is -2.25. The minimum atomic E-state index is -4.07. The third kappa shape index (κ3) is 3.92. The number of rotatable bonds is 6. The van der Waals surface area contributed by atoms with Gasteiger partial charge in [0.2, 0.25) is 10.0 Å². The average molecular weight is 455 g/mol. The van der Waals surface area contributed by atoms with Gasteiger partial charge in [0.25, 0.3) is 0 Å². The molecule has 1 aromatic carbocycles. The molecule has 0 bridgehead atoms. The smallest absolute Gasteiger partial charge is 0.355 e. The quantitative estimate of drug-likeness (QED) is 0.529. The Labute approximate surface area is 164 Å². The molecule has 10 heteroatoms. The van der Waals surface area contributed by atoms with Crippen molar-refractivity contribution in [2.75, 3.05) is 0 Å². The summed E-state index contributed by atoms with van der Waals surface area (Å²) in [5.41, 5.74) is 0.663. The summed E-state index contributed by atoms with van der Waals surface area (Å²) in [5.74, 6) is -1.35. The van der Waals surface area contributed by atoms with Crippen LogP contribution in [0.5, 0.6) is 0 Å². The summed E-state index contributed by atoms with van der Waals surface area (Å²) in [5, 5.41) is 14.0. The highest BCUT2D eigenvalue weighted by Crippen LogP contribution is 2.26. The number of hydrogen-bond acceptors (Lipinski definition) is 4. The maximum atomic E-state index is 12.8. The van der Waals surface area contributed by atoms with Crippen LogP contribution in [-0.4, -0.2) is 39.8 Å². The Morgan fingerprint density at radius 2 is 2.11 bits per heavy atom. The summed E-state index contributed by atoms with van der Waals surface area (Å²) in [6, 6.07) is 5.83. The van der Waals surface area contributed by atoms with Gasteiger partial charge in [-0.25, -0.2) is 17.9 Å². The van der Waals surface area contributed by atoms with Crippen molar-refractivity contribution in [3.8, 4) is 0 Å². The van der Waals surface area contributed by atoms with Crippen molar-refractivity contribution in [3.63, 3.8) is 0 Å². The molecule has 0 aliphatic carbocycles. The van der Waals surface area contributed by atoms with Gasteiger partial charge in [-0.05, 0) is 38.0 Å². The summed E-state index contributed by atoms with van der Waals surface area (Å²) in [4.78, 5) is 14.2. The van der Waals surface area contributed by atoms with Crippen LogP contribution in [0.2, 0.25) is 0 Å². The molecule has 0 saturated heterocycles. The monoisotopic (exact) mass is 454 g/mol. The van der Waals surface area contributed by atoms with Crippen LogP contribution in [0, 0.1) is 0 Å². The van der Waals surface area contributed by atoms with Crippen LogP contribution in [0.1, 0.15) is 29.9 Å². The van der Waals surface area contributed by atoms with E-state index in [1.165, 1.54) is 7.05 Å². The van der Waals surface area contributed by atoms with E-state index in [9.17, 15) is 18.3 Å². The van der Waals surface area contributed by atoms with Crippen LogP contribution in [0.3, 0.4) is 0 Å². The Kier molecular flexibility index (Phi) is 4.91. The molecule has 0 aliphatic rings. The Bertz CT molecular complexity index is 1130. The molecule has 0 atom stereocenters. The molecule has 0 spiro atoms. The van der Waals surface area contributed by atoms with Crippen LogP contribution in [0.4, 0.5) is 0 Å². The zero-order chi connectivity index (χ0) is 20.0. The fourth-order valence-electron chi connectivity index (χ4n) is 3.09. The van der Waals surface area contributed by atoms with Crippen molar-refractivity contribution in [2.24, 2.45) is 7.05 Å². The Morgan fingerprint density at radius 3 is 2.78 bits per heavy atom. The second kappa shape index (κ2) is 6.77. The molecular formula is C17H19BrN4O4S. The Morgan fingerprint density at radius 1 is 1.41 bits per heavy atom. The van der Waals surface area contributed by atoms with E-state index in [1.54, 1.807) is 13.8 Å². The van der Waals surface area contributed by atoms with Gasteiger partial charge in [-0.1, -0.05) is 22.0 Å². The van der Waals surface area contributed by atoms with Crippen LogP contribution < -0.4 is 4.72 Å². The number of aromatic carboxylic acids is 1. The fourth-order valence-corrected chi connectivity index (χ4v) is 5.02. The van der Waals surface area contributed by atoms with Gasteiger partial charge in [0.15, 0.2) is 5.69 Å². The molecule has 0 fully saturated rings. The molecule has 0 amide bonds. The highest BCUT2D eigenvalue weighted by Gasteiger charge is 2.32. The molecule has 0 unspecified atom stereocenters. The maximum absolute atomic E-state index is 12.8. The number of carboxylic acid groups (broad SMARTS) is 1. The maximum Gasteiger partial charge on any atom is 0.355 e. The number of nitrogens with one attached hydrogen (secondary N) is 2. The number of halogens is 1. The number of sulfonamides is 1. The van der Waals surface area contributed by atoms with E-state index in [2.05, 4.69) is 30.7 Å². The van der Waals surface area contributed by atoms with Crippen LogP contribution >= 0.6 is 15.9 Å². The molecular weight excluding hydrogens is 436 g/mol. The van der Waals surface area contributed by atoms with Crippen molar-refractivity contribution >= 4 is 42.8 Å². The lowest BCUT2D eigenvalue weighted by atomic mass is 9.96. The number of aryl methyl sites for hydroxylation is 1. The molecule has 0 radical (unpaired) electrons. The number of aromatic amines is 1. The van der Waals surface area contributed by atoms with Gasteiger partial charge in [0.1, 0.15) is 4.90 Å². The van der Waals surface area contributed by atoms with Crippen LogP contribution in [0.15, 0.2) is 40.0 Å². The van der Waals surface area contributed by atoms with E-state index >= 15 is 0 Å². The molecule has 3 N–H and O–H groups in total. The summed E-state index contributed by atoms with van der Waals surface area (Å²) >= 11 is 3.42. The van der Waals surface area contributed by atoms with Gasteiger partial charge in [0, 0.05) is 34.2 Å². The lowest BCUT2D eigenvalue weighted by Crippen LogP contribution is -2.45. The van der Waals surface area contributed by atoms with Crippen LogP contribution in [-0.2, 0) is 23.5 Å². The first-order valence-corrected chi connectivity index (χ1v) is 10.3. The minimum Gasteiger partial charge on any atom is -0.476 e. The highest BCUT2D eigenvalue weighted by atomic mass is 79.9. The molecule has 3 rings (SSSR count). The first kappa shape index (κ1) is 19.6. The number of H-pyrrole nitrogens is 1. The van der Waals surface area contributed by atoms with E-state index in [1.807, 2.05) is 24.4 Å². The van der Waals surface area contributed by atoms with Crippen molar-refractivity contribution in [1.82, 2.24) is 19.5 Å². The molecule has 2 heterocycles. The molecule has 144 valence electrons. The van der Waals surface area contributed by atoms with Crippen LogP contribution in [0.25, 0.3) is 10.9 Å². The number of fused-ring (bicyclic) bond motifs is 1. The zero-order valence-corrected chi connectivity index (χ0v) is 17.3. The predicted octanol–water partition coefficient (Wildman–Crippen LogP) is 2.66. The van der Waals surface area contributed by atoms with Crippen molar-refractivity contribution in [3.05, 3.63) is 46.3 Å². The van der Waals surface area contributed by atoms with Gasteiger partial charge in [-0.3, -0.25) is 4.68 Å². The largest absolute Gasteiger partial charge is 0.476 e. The van der Waals surface area contributed by atoms with Gasteiger partial charge in [0.05, 0.1) is 6.20 Å². The topological polar surface area (TPSA) is 117 Å². The first-order chi connectivity index (χ1) is 12.5. The summed E-state index contributed by atoms with van der Waals surface area (Å²) in [6.45, 7) is 3.50. The van der Waals surface area contributed by atoms with E-state index in [4.69, 9.17) is 0 Å². The molecule has 27 heavy (non-hydrogen) atoms. The average Bonchev–Trinajstić information content (AvgIpc) is 3.09. The first-order valence-electron chi connectivity index (χ1n) is 8.05. The molecule has 2 aromatic heterocycles. The lowest BCUT2D eigenvalue weighted by molar-refractivity contribution is 0.0680. The van der Waals surface area contributed by atoms with Gasteiger partial charge in [-0.2, -0.15) is 5.10 Å².